The number of carbonyl (C=O) groups excluding carboxylic acids is 2. The first-order valence-electron chi connectivity index (χ1n) is 11.4. The van der Waals surface area contributed by atoms with Crippen LogP contribution >= 0.6 is 11.6 Å². The number of amides is 2. The summed E-state index contributed by atoms with van der Waals surface area (Å²) in [5, 5.41) is 3.53. The molecule has 1 aromatic carbocycles. The van der Waals surface area contributed by atoms with E-state index in [1.54, 1.807) is 31.2 Å². The van der Waals surface area contributed by atoms with Gasteiger partial charge in [0, 0.05) is 55.7 Å². The number of hydrogen-bond donors (Lipinski definition) is 1. The summed E-state index contributed by atoms with van der Waals surface area (Å²) in [6.45, 7) is 4.98. The number of sulfonamides is 1. The average molecular weight is 493 g/mol. The predicted octanol–water partition coefficient (Wildman–Crippen LogP) is 2.65. The van der Waals surface area contributed by atoms with Crippen LogP contribution in [0, 0.1) is 5.92 Å². The number of nitrogens with zero attached hydrogens (tertiary/aromatic N) is 3. The Bertz CT molecular complexity index is 1090. The maximum absolute atomic E-state index is 12.8. The lowest BCUT2D eigenvalue weighted by atomic mass is 9.95. The van der Waals surface area contributed by atoms with Gasteiger partial charge in [0.1, 0.15) is 10.7 Å². The first kappa shape index (κ1) is 23.8. The predicted molar refractivity (Wildman–Crippen MR) is 128 cm³/mol. The van der Waals surface area contributed by atoms with Crippen molar-refractivity contribution in [3.63, 3.8) is 0 Å². The molecule has 0 atom stereocenters. The number of piperidine rings is 1. The summed E-state index contributed by atoms with van der Waals surface area (Å²) in [4.78, 5) is 28.2. The molecule has 0 aliphatic carbocycles. The van der Waals surface area contributed by atoms with Crippen molar-refractivity contribution in [2.45, 2.75) is 39.0 Å². The lowest BCUT2D eigenvalue weighted by Gasteiger charge is -2.33. The molecule has 0 spiro atoms. The second kappa shape index (κ2) is 9.85. The quantitative estimate of drug-likeness (QED) is 0.615. The Hall–Kier alpha value is -2.39. The Kier molecular flexibility index (Phi) is 7.09. The number of likely N-dealkylation sites (tertiary alicyclic amines) is 2. The highest BCUT2D eigenvalue weighted by atomic mass is 35.5. The summed E-state index contributed by atoms with van der Waals surface area (Å²) >= 11 is 5.94. The fourth-order valence-corrected chi connectivity index (χ4v) is 6.31. The molecule has 1 aromatic rings. The van der Waals surface area contributed by atoms with Crippen molar-refractivity contribution < 1.29 is 18.0 Å². The number of rotatable bonds is 6. The molecule has 178 valence electrons. The van der Waals surface area contributed by atoms with Crippen LogP contribution < -0.4 is 5.32 Å². The van der Waals surface area contributed by atoms with Gasteiger partial charge in [0.05, 0.1) is 0 Å². The average Bonchev–Trinajstić information content (AvgIpc) is 3.31. The van der Waals surface area contributed by atoms with Crippen molar-refractivity contribution in [3.05, 3.63) is 40.4 Å². The van der Waals surface area contributed by atoms with Crippen molar-refractivity contribution >= 4 is 44.2 Å². The number of nitrogens with one attached hydrogen (secondary N) is 1. The van der Waals surface area contributed by atoms with Gasteiger partial charge in [-0.25, -0.2) is 0 Å². The molecule has 2 amide bonds. The third kappa shape index (κ3) is 5.24. The van der Waals surface area contributed by atoms with Crippen LogP contribution in [-0.2, 0) is 19.6 Å². The molecule has 8 nitrogen and oxygen atoms in total. The second-order valence-electron chi connectivity index (χ2n) is 8.74. The van der Waals surface area contributed by atoms with Crippen LogP contribution in [0.3, 0.4) is 0 Å². The van der Waals surface area contributed by atoms with E-state index in [4.69, 9.17) is 11.6 Å². The molecule has 3 aliphatic heterocycles. The van der Waals surface area contributed by atoms with Gasteiger partial charge in [0.2, 0.25) is 11.8 Å². The van der Waals surface area contributed by atoms with Gasteiger partial charge in [0.15, 0.2) is 0 Å². The minimum atomic E-state index is -3.78. The van der Waals surface area contributed by atoms with Crippen molar-refractivity contribution in [2.75, 3.05) is 32.7 Å². The second-order valence-corrected chi connectivity index (χ2v) is 10.7. The Labute approximate surface area is 199 Å². The van der Waals surface area contributed by atoms with Crippen molar-refractivity contribution in [1.29, 1.82) is 0 Å². The minimum absolute atomic E-state index is 0.0255. The highest BCUT2D eigenvalue weighted by Crippen LogP contribution is 2.35. The molecular weight excluding hydrogens is 464 g/mol. The highest BCUT2D eigenvalue weighted by Gasteiger charge is 2.35. The molecule has 0 radical (unpaired) electrons. The Balaban J connectivity index is 1.30. The van der Waals surface area contributed by atoms with E-state index in [2.05, 4.69) is 9.71 Å². The summed E-state index contributed by atoms with van der Waals surface area (Å²) in [7, 11) is -3.78. The summed E-state index contributed by atoms with van der Waals surface area (Å²) in [6.07, 6.45) is 3.58. The minimum Gasteiger partial charge on any atom is -0.356 e. The topological polar surface area (TPSA) is 99.2 Å². The largest absolute Gasteiger partial charge is 0.356 e. The normalized spacial score (nSPS) is 21.0. The maximum Gasteiger partial charge on any atom is 0.285 e. The van der Waals surface area contributed by atoms with Crippen LogP contribution in [0.1, 0.15) is 44.6 Å². The zero-order valence-electron chi connectivity index (χ0n) is 18.7. The van der Waals surface area contributed by atoms with Crippen LogP contribution in [0.25, 0.3) is 4.91 Å². The SMILES string of the molecule is CC1=C(c2ccc(Cl)cc2)S(=O)(=O)N=C1N1CCC(C(=O)NCCCN2CCCC2=O)CC1. The highest BCUT2D eigenvalue weighted by molar-refractivity contribution is 8.00. The molecule has 2 fully saturated rings. The summed E-state index contributed by atoms with van der Waals surface area (Å²) in [6, 6.07) is 6.70. The van der Waals surface area contributed by atoms with Crippen LogP contribution in [0.4, 0.5) is 0 Å². The third-order valence-corrected chi connectivity index (χ3v) is 8.21. The summed E-state index contributed by atoms with van der Waals surface area (Å²) < 4.78 is 29.6. The van der Waals surface area contributed by atoms with Gasteiger partial charge in [-0.3, -0.25) is 9.59 Å². The Morgan fingerprint density at radius 2 is 1.88 bits per heavy atom. The molecule has 0 bridgehead atoms. The smallest absolute Gasteiger partial charge is 0.285 e. The van der Waals surface area contributed by atoms with Gasteiger partial charge < -0.3 is 15.1 Å². The molecule has 1 N–H and O–H groups in total. The van der Waals surface area contributed by atoms with Gasteiger partial charge in [-0.05, 0) is 50.3 Å². The number of benzene rings is 1. The van der Waals surface area contributed by atoms with E-state index >= 15 is 0 Å². The summed E-state index contributed by atoms with van der Waals surface area (Å²) in [5.74, 6) is 0.592. The molecule has 2 saturated heterocycles. The number of amidine groups is 1. The molecule has 4 rings (SSSR count). The van der Waals surface area contributed by atoms with Crippen LogP contribution in [0.2, 0.25) is 5.02 Å². The van der Waals surface area contributed by atoms with Gasteiger partial charge in [-0.2, -0.15) is 8.42 Å². The van der Waals surface area contributed by atoms with E-state index < -0.39 is 10.0 Å². The van der Waals surface area contributed by atoms with E-state index in [1.807, 2.05) is 9.80 Å². The van der Waals surface area contributed by atoms with E-state index in [9.17, 15) is 18.0 Å². The van der Waals surface area contributed by atoms with Gasteiger partial charge in [-0.15, -0.1) is 4.40 Å². The number of carbonyl (C=O) groups is 2. The molecule has 3 aliphatic rings. The molecular formula is C23H29ClN4O4S. The molecule has 0 aromatic heterocycles. The molecule has 0 unspecified atom stereocenters. The molecule has 0 saturated carbocycles. The van der Waals surface area contributed by atoms with Crippen LogP contribution in [-0.4, -0.2) is 68.6 Å². The van der Waals surface area contributed by atoms with Gasteiger partial charge in [0.25, 0.3) is 10.0 Å². The lowest BCUT2D eigenvalue weighted by Crippen LogP contribution is -2.43. The van der Waals surface area contributed by atoms with E-state index in [-0.39, 0.29) is 22.6 Å². The summed E-state index contributed by atoms with van der Waals surface area (Å²) in [5.41, 5.74) is 1.19. The Morgan fingerprint density at radius 1 is 1.18 bits per heavy atom. The van der Waals surface area contributed by atoms with Gasteiger partial charge >= 0.3 is 0 Å². The lowest BCUT2D eigenvalue weighted by molar-refractivity contribution is -0.127. The zero-order chi connectivity index (χ0) is 23.6. The standard InChI is InChI=1S/C23H29ClN4O4S/c1-16-21(17-5-7-19(24)8-6-17)33(31,32)26-22(16)28-14-9-18(10-15-28)23(30)25-11-3-13-27-12-2-4-20(27)29/h5-8,18H,2-4,9-15H2,1H3,(H,25,30). The van der Waals surface area contributed by atoms with Gasteiger partial charge in [-0.1, -0.05) is 23.7 Å². The zero-order valence-corrected chi connectivity index (χ0v) is 20.3. The fourth-order valence-electron chi connectivity index (χ4n) is 4.70. The number of halogens is 1. The molecule has 33 heavy (non-hydrogen) atoms. The number of hydrogen-bond acceptors (Lipinski definition) is 5. The van der Waals surface area contributed by atoms with E-state index in [0.717, 1.165) is 19.4 Å². The molecule has 10 heteroatoms. The third-order valence-electron chi connectivity index (χ3n) is 6.49. The molecule has 3 heterocycles. The van der Waals surface area contributed by atoms with E-state index in [1.165, 1.54) is 0 Å². The maximum atomic E-state index is 12.8. The monoisotopic (exact) mass is 492 g/mol. The first-order chi connectivity index (χ1) is 15.8. The van der Waals surface area contributed by atoms with Crippen molar-refractivity contribution in [2.24, 2.45) is 10.3 Å². The van der Waals surface area contributed by atoms with E-state index in [0.29, 0.717) is 67.4 Å². The van der Waals surface area contributed by atoms with Crippen molar-refractivity contribution in [3.8, 4) is 0 Å². The van der Waals surface area contributed by atoms with Crippen molar-refractivity contribution in [1.82, 2.24) is 15.1 Å². The first-order valence-corrected chi connectivity index (χ1v) is 13.2. The Morgan fingerprint density at radius 3 is 2.52 bits per heavy atom. The van der Waals surface area contributed by atoms with Crippen LogP contribution in [0.5, 0.6) is 0 Å². The fraction of sp³-hybridized carbons (Fsp3) is 0.522. The van der Waals surface area contributed by atoms with Crippen LogP contribution in [0.15, 0.2) is 34.2 Å².